The number of carbonyl (C=O) groups is 2. The Balaban J connectivity index is 1.73. The molecule has 0 amide bonds. The van der Waals surface area contributed by atoms with Crippen LogP contribution in [0.5, 0.6) is 5.75 Å². The lowest BCUT2D eigenvalue weighted by atomic mass is 10.0. The van der Waals surface area contributed by atoms with E-state index in [0.717, 1.165) is 17.8 Å². The molecule has 0 aliphatic rings. The highest BCUT2D eigenvalue weighted by molar-refractivity contribution is 7.15. The van der Waals surface area contributed by atoms with Crippen LogP contribution in [0.3, 0.4) is 0 Å². The van der Waals surface area contributed by atoms with Gasteiger partial charge in [0, 0.05) is 0 Å². The molecule has 2 rings (SSSR count). The third-order valence-corrected chi connectivity index (χ3v) is 5.49. The summed E-state index contributed by atoms with van der Waals surface area (Å²) in [6, 6.07) is 11.2. The average molecular weight is 389 g/mol. The standard InChI is InChI=1S/C22H28O4S/c1-3-4-5-6-7-8-9-17-10-12-18(13-11-17)26-16-19(23)20-14-15-21(27-20)22(24)25-2/h10-15H,3-9,16H2,1-2H3. The summed E-state index contributed by atoms with van der Waals surface area (Å²) in [5.41, 5.74) is 1.30. The zero-order valence-electron chi connectivity index (χ0n) is 16.2. The Labute approximate surface area is 165 Å². The Bertz CT molecular complexity index is 718. The minimum atomic E-state index is -0.430. The summed E-state index contributed by atoms with van der Waals surface area (Å²) in [4.78, 5) is 24.6. The Morgan fingerprint density at radius 1 is 0.889 bits per heavy atom. The van der Waals surface area contributed by atoms with Crippen molar-refractivity contribution in [2.45, 2.75) is 51.9 Å². The number of ketones is 1. The molecule has 27 heavy (non-hydrogen) atoms. The van der Waals surface area contributed by atoms with E-state index in [9.17, 15) is 9.59 Å². The normalized spacial score (nSPS) is 10.6. The lowest BCUT2D eigenvalue weighted by Crippen LogP contribution is -2.10. The molecule has 0 aliphatic carbocycles. The number of ether oxygens (including phenoxy) is 2. The van der Waals surface area contributed by atoms with Crippen LogP contribution in [-0.2, 0) is 11.2 Å². The molecule has 1 aromatic heterocycles. The van der Waals surface area contributed by atoms with E-state index in [-0.39, 0.29) is 12.4 Å². The predicted octanol–water partition coefficient (Wildman–Crippen LogP) is 5.70. The quantitative estimate of drug-likeness (QED) is 0.266. The first-order chi connectivity index (χ1) is 13.1. The van der Waals surface area contributed by atoms with Crippen molar-refractivity contribution in [2.24, 2.45) is 0 Å². The van der Waals surface area contributed by atoms with Crippen molar-refractivity contribution in [1.29, 1.82) is 0 Å². The van der Waals surface area contributed by atoms with Gasteiger partial charge in [-0.1, -0.05) is 51.2 Å². The molecule has 0 atom stereocenters. The van der Waals surface area contributed by atoms with E-state index in [1.165, 1.54) is 51.2 Å². The molecular weight excluding hydrogens is 360 g/mol. The van der Waals surface area contributed by atoms with Gasteiger partial charge in [-0.3, -0.25) is 4.79 Å². The van der Waals surface area contributed by atoms with Crippen LogP contribution in [0.1, 0.15) is 70.4 Å². The molecule has 0 unspecified atom stereocenters. The van der Waals surface area contributed by atoms with Gasteiger partial charge in [0.15, 0.2) is 6.61 Å². The molecule has 0 aliphatic heterocycles. The molecule has 0 spiro atoms. The third kappa shape index (κ3) is 7.18. The number of methoxy groups -OCH3 is 1. The number of carbonyl (C=O) groups excluding carboxylic acids is 2. The molecule has 146 valence electrons. The molecule has 0 fully saturated rings. The van der Waals surface area contributed by atoms with Crippen molar-refractivity contribution < 1.29 is 19.1 Å². The van der Waals surface area contributed by atoms with Gasteiger partial charge in [0.25, 0.3) is 0 Å². The Hall–Kier alpha value is -2.14. The minimum absolute atomic E-state index is 0.0437. The number of Topliss-reactive ketones (excluding diaryl/α,β-unsaturated/α-hetero) is 1. The summed E-state index contributed by atoms with van der Waals surface area (Å²) in [5.74, 6) is 0.104. The molecule has 5 heteroatoms. The first-order valence-electron chi connectivity index (χ1n) is 9.57. The van der Waals surface area contributed by atoms with Crippen LogP contribution in [0.2, 0.25) is 0 Å². The highest BCUT2D eigenvalue weighted by atomic mass is 32.1. The number of hydrogen-bond acceptors (Lipinski definition) is 5. The highest BCUT2D eigenvalue weighted by Gasteiger charge is 2.14. The van der Waals surface area contributed by atoms with Gasteiger partial charge in [-0.05, 0) is 42.7 Å². The molecule has 4 nitrogen and oxygen atoms in total. The number of aryl methyl sites for hydroxylation is 1. The molecule has 1 heterocycles. The fourth-order valence-electron chi connectivity index (χ4n) is 2.78. The monoisotopic (exact) mass is 388 g/mol. The molecule has 2 aromatic rings. The number of rotatable bonds is 12. The van der Waals surface area contributed by atoms with Crippen LogP contribution in [-0.4, -0.2) is 25.5 Å². The van der Waals surface area contributed by atoms with E-state index in [0.29, 0.717) is 15.5 Å². The average Bonchev–Trinajstić information content (AvgIpc) is 3.19. The van der Waals surface area contributed by atoms with Gasteiger partial charge in [0.2, 0.25) is 5.78 Å². The zero-order chi connectivity index (χ0) is 19.5. The van der Waals surface area contributed by atoms with E-state index in [4.69, 9.17) is 4.74 Å². The van der Waals surface area contributed by atoms with Crippen molar-refractivity contribution >= 4 is 23.1 Å². The van der Waals surface area contributed by atoms with E-state index in [1.54, 1.807) is 12.1 Å². The summed E-state index contributed by atoms with van der Waals surface area (Å²) >= 11 is 1.12. The molecular formula is C22H28O4S. The molecule has 0 saturated carbocycles. The number of thiophene rings is 1. The summed E-state index contributed by atoms with van der Waals surface area (Å²) in [7, 11) is 1.32. The minimum Gasteiger partial charge on any atom is -0.485 e. The molecule has 1 aromatic carbocycles. The van der Waals surface area contributed by atoms with Crippen molar-refractivity contribution in [1.82, 2.24) is 0 Å². The lowest BCUT2D eigenvalue weighted by Gasteiger charge is -2.06. The van der Waals surface area contributed by atoms with Gasteiger partial charge in [0.1, 0.15) is 10.6 Å². The molecule has 0 saturated heterocycles. The first kappa shape index (κ1) is 21.2. The lowest BCUT2D eigenvalue weighted by molar-refractivity contribution is 0.0606. The van der Waals surface area contributed by atoms with Crippen molar-refractivity contribution in [2.75, 3.05) is 13.7 Å². The van der Waals surface area contributed by atoms with Crippen LogP contribution in [0.25, 0.3) is 0 Å². The van der Waals surface area contributed by atoms with Gasteiger partial charge in [0.05, 0.1) is 12.0 Å². The molecule has 0 radical (unpaired) electrons. The van der Waals surface area contributed by atoms with Crippen LogP contribution in [0, 0.1) is 0 Å². The van der Waals surface area contributed by atoms with Crippen molar-refractivity contribution in [3.05, 3.63) is 51.7 Å². The van der Waals surface area contributed by atoms with Gasteiger partial charge in [-0.2, -0.15) is 0 Å². The van der Waals surface area contributed by atoms with E-state index >= 15 is 0 Å². The second-order valence-corrected chi connectivity index (χ2v) is 7.61. The van der Waals surface area contributed by atoms with E-state index in [2.05, 4.69) is 23.8 Å². The zero-order valence-corrected chi connectivity index (χ0v) is 17.0. The number of esters is 1. The number of unbranched alkanes of at least 4 members (excludes halogenated alkanes) is 5. The van der Waals surface area contributed by atoms with E-state index in [1.807, 2.05) is 12.1 Å². The van der Waals surface area contributed by atoms with Crippen LogP contribution in [0.4, 0.5) is 0 Å². The smallest absolute Gasteiger partial charge is 0.348 e. The van der Waals surface area contributed by atoms with E-state index < -0.39 is 5.97 Å². The fraction of sp³-hybridized carbons (Fsp3) is 0.455. The second-order valence-electron chi connectivity index (χ2n) is 6.53. The maximum Gasteiger partial charge on any atom is 0.348 e. The maximum absolute atomic E-state index is 12.2. The summed E-state index contributed by atoms with van der Waals surface area (Å²) in [6.45, 7) is 2.19. The number of hydrogen-bond donors (Lipinski definition) is 0. The van der Waals surface area contributed by atoms with Gasteiger partial charge >= 0.3 is 5.97 Å². The van der Waals surface area contributed by atoms with Crippen molar-refractivity contribution in [3.63, 3.8) is 0 Å². The second kappa shape index (κ2) is 11.5. The summed E-state index contributed by atoms with van der Waals surface area (Å²) < 4.78 is 10.2. The maximum atomic E-state index is 12.2. The van der Waals surface area contributed by atoms with Crippen LogP contribution < -0.4 is 4.74 Å². The number of benzene rings is 1. The SMILES string of the molecule is CCCCCCCCc1ccc(OCC(=O)c2ccc(C(=O)OC)s2)cc1. The first-order valence-corrected chi connectivity index (χ1v) is 10.4. The Kier molecular flexibility index (Phi) is 9.05. The molecule has 0 N–H and O–H groups in total. The van der Waals surface area contributed by atoms with Gasteiger partial charge in [-0.25, -0.2) is 4.79 Å². The summed E-state index contributed by atoms with van der Waals surface area (Å²) in [6.07, 6.45) is 8.84. The molecule has 0 bridgehead atoms. The Morgan fingerprint density at radius 2 is 1.56 bits per heavy atom. The predicted molar refractivity (Wildman–Crippen MR) is 109 cm³/mol. The van der Waals surface area contributed by atoms with Gasteiger partial charge < -0.3 is 9.47 Å². The van der Waals surface area contributed by atoms with Crippen molar-refractivity contribution in [3.8, 4) is 5.75 Å². The topological polar surface area (TPSA) is 52.6 Å². The van der Waals surface area contributed by atoms with Crippen LogP contribution in [0.15, 0.2) is 36.4 Å². The largest absolute Gasteiger partial charge is 0.485 e. The fourth-order valence-corrected chi connectivity index (χ4v) is 3.63. The highest BCUT2D eigenvalue weighted by Crippen LogP contribution is 2.19. The summed E-state index contributed by atoms with van der Waals surface area (Å²) in [5, 5.41) is 0. The third-order valence-electron chi connectivity index (χ3n) is 4.38. The van der Waals surface area contributed by atoms with Crippen LogP contribution >= 0.6 is 11.3 Å². The van der Waals surface area contributed by atoms with Gasteiger partial charge in [-0.15, -0.1) is 11.3 Å². The Morgan fingerprint density at radius 3 is 2.26 bits per heavy atom.